The molecule has 0 radical (unpaired) electrons. The average molecular weight is 395 g/mol. The maximum Gasteiger partial charge on any atom is 0.289 e. The number of rotatable bonds is 4. The van der Waals surface area contributed by atoms with Crippen molar-refractivity contribution < 1.29 is 4.79 Å². The van der Waals surface area contributed by atoms with E-state index < -0.39 is 0 Å². The van der Waals surface area contributed by atoms with E-state index in [2.05, 4.69) is 23.2 Å². The van der Waals surface area contributed by atoms with Gasteiger partial charge in [-0.3, -0.25) is 9.78 Å². The van der Waals surface area contributed by atoms with E-state index in [1.54, 1.807) is 17.0 Å². The number of piperidine rings is 1. The Kier molecular flexibility index (Phi) is 5.44. The molecule has 6 heteroatoms. The van der Waals surface area contributed by atoms with E-state index in [4.69, 9.17) is 16.6 Å². The van der Waals surface area contributed by atoms with Crippen LogP contribution in [0, 0.1) is 0 Å². The van der Waals surface area contributed by atoms with Gasteiger partial charge >= 0.3 is 0 Å². The van der Waals surface area contributed by atoms with Crippen molar-refractivity contribution in [3.8, 4) is 0 Å². The highest BCUT2D eigenvalue weighted by Crippen LogP contribution is 2.27. The first-order chi connectivity index (χ1) is 13.6. The van der Waals surface area contributed by atoms with Crippen LogP contribution in [0.15, 0.2) is 54.9 Å². The van der Waals surface area contributed by atoms with Crippen LogP contribution in [0.3, 0.4) is 0 Å². The number of imidazole rings is 1. The van der Waals surface area contributed by atoms with Gasteiger partial charge in [-0.15, -0.1) is 0 Å². The van der Waals surface area contributed by atoms with E-state index in [1.807, 2.05) is 36.2 Å². The highest BCUT2D eigenvalue weighted by Gasteiger charge is 2.28. The van der Waals surface area contributed by atoms with Crippen LogP contribution in [0.4, 0.5) is 0 Å². The fourth-order valence-electron chi connectivity index (χ4n) is 3.75. The third-order valence-electron chi connectivity index (χ3n) is 5.27. The highest BCUT2D eigenvalue weighted by molar-refractivity contribution is 6.30. The Hall–Kier alpha value is -2.66. The van der Waals surface area contributed by atoms with E-state index in [0.717, 1.165) is 42.2 Å². The zero-order chi connectivity index (χ0) is 19.5. The molecule has 3 heterocycles. The lowest BCUT2D eigenvalue weighted by atomic mass is 9.93. The van der Waals surface area contributed by atoms with Gasteiger partial charge in [-0.2, -0.15) is 0 Å². The Morgan fingerprint density at radius 1 is 1.21 bits per heavy atom. The van der Waals surface area contributed by atoms with Crippen LogP contribution in [0.1, 0.15) is 46.3 Å². The molecule has 4 rings (SSSR count). The van der Waals surface area contributed by atoms with Crippen molar-refractivity contribution >= 4 is 17.5 Å². The maximum absolute atomic E-state index is 12.8. The molecule has 1 atom stereocenters. The third kappa shape index (κ3) is 4.09. The largest absolute Gasteiger partial charge is 0.335 e. The van der Waals surface area contributed by atoms with Crippen LogP contribution in [0.2, 0.25) is 5.02 Å². The summed E-state index contributed by atoms with van der Waals surface area (Å²) in [7, 11) is 1.85. The Labute approximate surface area is 170 Å². The number of nitrogens with zero attached hydrogens (tertiary/aromatic N) is 4. The van der Waals surface area contributed by atoms with Crippen molar-refractivity contribution in [3.05, 3.63) is 82.7 Å². The molecule has 1 aliphatic heterocycles. The molecule has 1 aliphatic rings. The first kappa shape index (κ1) is 18.7. The van der Waals surface area contributed by atoms with Gasteiger partial charge in [-0.05, 0) is 42.7 Å². The number of carbonyl (C=O) groups is 1. The summed E-state index contributed by atoms with van der Waals surface area (Å²) in [5, 5.41) is 0.741. The second-order valence-corrected chi connectivity index (χ2v) is 7.75. The van der Waals surface area contributed by atoms with Gasteiger partial charge in [0.2, 0.25) is 0 Å². The Bertz CT molecular complexity index is 967. The van der Waals surface area contributed by atoms with Crippen molar-refractivity contribution in [2.75, 3.05) is 13.1 Å². The standard InChI is InChI=1S/C22H23ClN4O/c1-26-13-11-24-21(26)22(28)27-12-3-4-17(15-27)20-6-2-5-19(25-20)14-16-7-9-18(23)10-8-16/h2,5-11,13,17H,3-4,12,14-15H2,1H3. The van der Waals surface area contributed by atoms with Crippen molar-refractivity contribution in [1.82, 2.24) is 19.4 Å². The summed E-state index contributed by atoms with van der Waals surface area (Å²) in [4.78, 5) is 23.8. The van der Waals surface area contributed by atoms with Crippen molar-refractivity contribution in [2.24, 2.45) is 7.05 Å². The summed E-state index contributed by atoms with van der Waals surface area (Å²) >= 11 is 5.97. The predicted octanol–water partition coefficient (Wildman–Crippen LogP) is 4.08. The summed E-state index contributed by atoms with van der Waals surface area (Å²) in [6.07, 6.45) is 6.26. The second-order valence-electron chi connectivity index (χ2n) is 7.31. The SMILES string of the molecule is Cn1ccnc1C(=O)N1CCCC(c2cccc(Cc3ccc(Cl)cc3)n2)C1. The van der Waals surface area contributed by atoms with Gasteiger partial charge in [0, 0.05) is 61.3 Å². The lowest BCUT2D eigenvalue weighted by Crippen LogP contribution is -2.40. The van der Waals surface area contributed by atoms with Crippen LogP contribution in [-0.4, -0.2) is 38.4 Å². The molecular weight excluding hydrogens is 372 g/mol. The summed E-state index contributed by atoms with van der Waals surface area (Å²) < 4.78 is 1.77. The summed E-state index contributed by atoms with van der Waals surface area (Å²) in [5.41, 5.74) is 3.28. The molecule has 144 valence electrons. The normalized spacial score (nSPS) is 16.9. The molecule has 0 N–H and O–H groups in total. The summed E-state index contributed by atoms with van der Waals surface area (Å²) in [5.74, 6) is 0.739. The van der Waals surface area contributed by atoms with E-state index in [-0.39, 0.29) is 11.8 Å². The molecule has 0 aliphatic carbocycles. The van der Waals surface area contributed by atoms with Crippen LogP contribution < -0.4 is 0 Å². The molecule has 0 spiro atoms. The number of likely N-dealkylation sites (tertiary alicyclic amines) is 1. The van der Waals surface area contributed by atoms with Crippen LogP contribution in [-0.2, 0) is 13.5 Å². The monoisotopic (exact) mass is 394 g/mol. The van der Waals surface area contributed by atoms with Gasteiger partial charge in [0.1, 0.15) is 0 Å². The highest BCUT2D eigenvalue weighted by atomic mass is 35.5. The first-order valence-corrected chi connectivity index (χ1v) is 9.95. The van der Waals surface area contributed by atoms with Gasteiger partial charge < -0.3 is 9.47 Å². The van der Waals surface area contributed by atoms with Crippen molar-refractivity contribution in [2.45, 2.75) is 25.2 Å². The molecule has 1 amide bonds. The number of aromatic nitrogens is 3. The number of pyridine rings is 1. The number of hydrogen-bond acceptors (Lipinski definition) is 3. The Balaban J connectivity index is 1.48. The number of aryl methyl sites for hydroxylation is 1. The summed E-state index contributed by atoms with van der Waals surface area (Å²) in [6, 6.07) is 14.1. The number of hydrogen-bond donors (Lipinski definition) is 0. The predicted molar refractivity (Wildman–Crippen MR) is 110 cm³/mol. The van der Waals surface area contributed by atoms with Crippen LogP contribution >= 0.6 is 11.6 Å². The zero-order valence-corrected chi connectivity index (χ0v) is 16.6. The third-order valence-corrected chi connectivity index (χ3v) is 5.52. The molecule has 3 aromatic rings. The van der Waals surface area contributed by atoms with E-state index in [0.29, 0.717) is 12.4 Å². The van der Waals surface area contributed by atoms with Crippen LogP contribution in [0.5, 0.6) is 0 Å². The van der Waals surface area contributed by atoms with Gasteiger partial charge in [0.15, 0.2) is 5.82 Å². The minimum absolute atomic E-state index is 0.00508. The molecule has 1 fully saturated rings. The number of benzene rings is 1. The molecular formula is C22H23ClN4O. The quantitative estimate of drug-likeness (QED) is 0.670. The second kappa shape index (κ2) is 8.15. The molecule has 2 aromatic heterocycles. The number of carbonyl (C=O) groups excluding carboxylic acids is 1. The van der Waals surface area contributed by atoms with E-state index >= 15 is 0 Å². The topological polar surface area (TPSA) is 51.0 Å². The summed E-state index contributed by atoms with van der Waals surface area (Å²) in [6.45, 7) is 1.45. The number of amides is 1. The molecule has 1 aromatic carbocycles. The minimum Gasteiger partial charge on any atom is -0.335 e. The molecule has 1 unspecified atom stereocenters. The van der Waals surface area contributed by atoms with Gasteiger partial charge in [-0.25, -0.2) is 4.98 Å². The van der Waals surface area contributed by atoms with Gasteiger partial charge in [0.25, 0.3) is 5.91 Å². The fraction of sp³-hybridized carbons (Fsp3) is 0.318. The number of halogens is 1. The smallest absolute Gasteiger partial charge is 0.289 e. The fourth-order valence-corrected chi connectivity index (χ4v) is 3.88. The first-order valence-electron chi connectivity index (χ1n) is 9.57. The van der Waals surface area contributed by atoms with Gasteiger partial charge in [-0.1, -0.05) is 29.8 Å². The zero-order valence-electron chi connectivity index (χ0n) is 15.9. The van der Waals surface area contributed by atoms with Crippen molar-refractivity contribution in [1.29, 1.82) is 0 Å². The van der Waals surface area contributed by atoms with Gasteiger partial charge in [0.05, 0.1) is 0 Å². The Morgan fingerprint density at radius 2 is 2.04 bits per heavy atom. The van der Waals surface area contributed by atoms with Crippen LogP contribution in [0.25, 0.3) is 0 Å². The lowest BCUT2D eigenvalue weighted by molar-refractivity contribution is 0.0690. The maximum atomic E-state index is 12.8. The Morgan fingerprint density at radius 3 is 2.79 bits per heavy atom. The molecule has 28 heavy (non-hydrogen) atoms. The minimum atomic E-state index is -0.00508. The molecule has 5 nitrogen and oxygen atoms in total. The van der Waals surface area contributed by atoms with E-state index in [1.165, 1.54) is 5.56 Å². The lowest BCUT2D eigenvalue weighted by Gasteiger charge is -2.32. The molecule has 0 bridgehead atoms. The molecule has 1 saturated heterocycles. The average Bonchev–Trinajstić information content (AvgIpc) is 3.15. The molecule has 0 saturated carbocycles. The van der Waals surface area contributed by atoms with E-state index in [9.17, 15) is 4.79 Å². The van der Waals surface area contributed by atoms with Crippen molar-refractivity contribution in [3.63, 3.8) is 0 Å².